The Kier molecular flexibility index (Phi) is 3.46. The van der Waals surface area contributed by atoms with E-state index in [0.717, 1.165) is 0 Å². The Labute approximate surface area is 131 Å². The van der Waals surface area contributed by atoms with Gasteiger partial charge in [0.1, 0.15) is 29.6 Å². The summed E-state index contributed by atoms with van der Waals surface area (Å²) in [5.41, 5.74) is 4.79. The van der Waals surface area contributed by atoms with Gasteiger partial charge in [0.05, 0.1) is 18.9 Å². The van der Waals surface area contributed by atoms with E-state index in [0.29, 0.717) is 0 Å². The van der Waals surface area contributed by atoms with E-state index in [1.165, 1.54) is 31.1 Å². The van der Waals surface area contributed by atoms with Gasteiger partial charge in [-0.15, -0.1) is 0 Å². The number of anilines is 1. The van der Waals surface area contributed by atoms with Gasteiger partial charge in [0.15, 0.2) is 11.5 Å². The molecule has 3 rings (SSSR count). The first-order chi connectivity index (χ1) is 10.9. The lowest BCUT2D eigenvalue weighted by atomic mass is 9.77. The Bertz CT molecular complexity index is 788. The van der Waals surface area contributed by atoms with Gasteiger partial charge in [-0.25, -0.2) is 14.5 Å². The summed E-state index contributed by atoms with van der Waals surface area (Å²) >= 11 is 0. The molecule has 0 unspecified atom stereocenters. The average Bonchev–Trinajstić information content (AvgIpc) is 3.09. The molecule has 23 heavy (non-hydrogen) atoms. The van der Waals surface area contributed by atoms with Crippen LogP contribution in [0.3, 0.4) is 0 Å². The van der Waals surface area contributed by atoms with Crippen molar-refractivity contribution in [1.82, 2.24) is 19.6 Å². The fraction of sp³-hybridized carbons (Fsp3) is 0.538. The third kappa shape index (κ3) is 1.79. The van der Waals surface area contributed by atoms with E-state index in [4.69, 9.17) is 15.2 Å². The zero-order chi connectivity index (χ0) is 16.8. The molecule has 1 saturated heterocycles. The highest BCUT2D eigenvalue weighted by Crippen LogP contribution is 2.53. The van der Waals surface area contributed by atoms with Gasteiger partial charge in [-0.1, -0.05) is 0 Å². The number of ether oxygens (including phenoxy) is 2. The number of hydrogen-bond donors (Lipinski definition) is 3. The number of hydrogen-bond acceptors (Lipinski definition) is 9. The summed E-state index contributed by atoms with van der Waals surface area (Å²) in [5.74, 6) is -1.54. The number of nitriles is 1. The SMILES string of the molecule is CO[C@@]1(c2cnc3c(N)ncnn23)O[C@H](CO)[C@@H](O)[C@@]1(C)C#N. The maximum absolute atomic E-state index is 10.4. The second-order valence-corrected chi connectivity index (χ2v) is 5.44. The zero-order valence-corrected chi connectivity index (χ0v) is 12.5. The van der Waals surface area contributed by atoms with Crippen molar-refractivity contribution in [3.63, 3.8) is 0 Å². The number of nitrogen functional groups attached to an aromatic ring is 1. The van der Waals surface area contributed by atoms with Crippen molar-refractivity contribution in [2.75, 3.05) is 19.5 Å². The van der Waals surface area contributed by atoms with E-state index < -0.39 is 30.0 Å². The number of fused-ring (bicyclic) bond motifs is 1. The quantitative estimate of drug-likeness (QED) is 0.632. The van der Waals surface area contributed by atoms with Gasteiger partial charge in [0.2, 0.25) is 5.79 Å². The molecule has 0 spiro atoms. The summed E-state index contributed by atoms with van der Waals surface area (Å²) in [6.07, 6.45) is 0.355. The first-order valence-electron chi connectivity index (χ1n) is 6.83. The molecule has 1 fully saturated rings. The van der Waals surface area contributed by atoms with Crippen LogP contribution in [-0.4, -0.2) is 55.7 Å². The number of methoxy groups -OCH3 is 1. The van der Waals surface area contributed by atoms with Crippen LogP contribution in [0, 0.1) is 16.7 Å². The molecule has 3 heterocycles. The van der Waals surface area contributed by atoms with E-state index in [2.05, 4.69) is 15.1 Å². The van der Waals surface area contributed by atoms with Crippen molar-refractivity contribution in [3.05, 3.63) is 18.2 Å². The first-order valence-corrected chi connectivity index (χ1v) is 6.83. The monoisotopic (exact) mass is 320 g/mol. The van der Waals surface area contributed by atoms with Gasteiger partial charge in [-0.05, 0) is 6.92 Å². The molecule has 4 atom stereocenters. The Morgan fingerprint density at radius 2 is 2.30 bits per heavy atom. The second-order valence-electron chi connectivity index (χ2n) is 5.44. The van der Waals surface area contributed by atoms with Gasteiger partial charge in [-0.3, -0.25) is 0 Å². The largest absolute Gasteiger partial charge is 0.394 e. The smallest absolute Gasteiger partial charge is 0.235 e. The Morgan fingerprint density at radius 1 is 1.57 bits per heavy atom. The van der Waals surface area contributed by atoms with E-state index in [1.54, 1.807) is 0 Å². The molecule has 10 nitrogen and oxygen atoms in total. The van der Waals surface area contributed by atoms with Crippen molar-refractivity contribution >= 4 is 11.5 Å². The second kappa shape index (κ2) is 5.10. The highest BCUT2D eigenvalue weighted by Gasteiger charge is 2.66. The normalized spacial score (nSPS) is 33.9. The van der Waals surface area contributed by atoms with Crippen LogP contribution in [0.15, 0.2) is 12.5 Å². The number of aliphatic hydroxyl groups excluding tert-OH is 2. The highest BCUT2D eigenvalue weighted by atomic mass is 16.7. The van der Waals surface area contributed by atoms with Gasteiger partial charge in [0.25, 0.3) is 0 Å². The lowest BCUT2D eigenvalue weighted by Gasteiger charge is -2.36. The van der Waals surface area contributed by atoms with Crippen LogP contribution in [0.5, 0.6) is 0 Å². The maximum atomic E-state index is 10.4. The fourth-order valence-corrected chi connectivity index (χ4v) is 2.99. The molecule has 0 radical (unpaired) electrons. The number of aromatic nitrogens is 4. The summed E-state index contributed by atoms with van der Waals surface area (Å²) in [6, 6.07) is 2.04. The molecule has 2 aromatic heterocycles. The summed E-state index contributed by atoms with van der Waals surface area (Å²) in [5, 5.41) is 33.6. The molecule has 10 heteroatoms. The number of nitrogens with two attached hydrogens (primary N) is 1. The minimum absolute atomic E-state index is 0.147. The molecule has 0 saturated carbocycles. The predicted molar refractivity (Wildman–Crippen MR) is 75.6 cm³/mol. The van der Waals surface area contributed by atoms with Gasteiger partial charge in [-0.2, -0.15) is 10.4 Å². The van der Waals surface area contributed by atoms with Gasteiger partial charge in [0, 0.05) is 7.11 Å². The van der Waals surface area contributed by atoms with Gasteiger partial charge >= 0.3 is 0 Å². The molecule has 1 aliphatic rings. The summed E-state index contributed by atoms with van der Waals surface area (Å²) in [4.78, 5) is 7.98. The lowest BCUT2D eigenvalue weighted by Crippen LogP contribution is -2.47. The number of imidazole rings is 1. The molecule has 0 aromatic carbocycles. The van der Waals surface area contributed by atoms with Crippen LogP contribution in [0.4, 0.5) is 5.82 Å². The minimum Gasteiger partial charge on any atom is -0.394 e. The lowest BCUT2D eigenvalue weighted by molar-refractivity contribution is -0.259. The highest BCUT2D eigenvalue weighted by molar-refractivity contribution is 5.59. The first kappa shape index (κ1) is 15.6. The summed E-state index contributed by atoms with van der Waals surface area (Å²) < 4.78 is 12.6. The number of aliphatic hydroxyl groups is 2. The molecular formula is C13H16N6O4. The van der Waals surface area contributed by atoms with Crippen molar-refractivity contribution in [1.29, 1.82) is 5.26 Å². The Hall–Kier alpha value is -2.32. The van der Waals surface area contributed by atoms with E-state index >= 15 is 0 Å². The number of rotatable bonds is 3. The third-order valence-corrected chi connectivity index (χ3v) is 4.31. The standard InChI is InChI=1S/C13H16N6O4/c1-12(5-14)9(21)7(4-20)23-13(12,22-2)8-3-16-11-10(15)17-6-18-19(8)11/h3,6-7,9,20-21H,4H2,1-2H3,(H2,15,17,18)/t7-,9-,12-,13+/m1/s1. The van der Waals surface area contributed by atoms with Crippen molar-refractivity contribution in [2.24, 2.45) is 5.41 Å². The van der Waals surface area contributed by atoms with E-state index in [9.17, 15) is 15.5 Å². The van der Waals surface area contributed by atoms with Crippen molar-refractivity contribution in [3.8, 4) is 6.07 Å². The van der Waals surface area contributed by atoms with E-state index in [1.807, 2.05) is 6.07 Å². The predicted octanol–water partition coefficient (Wildman–Crippen LogP) is -1.21. The maximum Gasteiger partial charge on any atom is 0.235 e. The molecule has 122 valence electrons. The third-order valence-electron chi connectivity index (χ3n) is 4.31. The van der Waals surface area contributed by atoms with Crippen LogP contribution in [-0.2, 0) is 15.3 Å². The molecule has 4 N–H and O–H groups in total. The van der Waals surface area contributed by atoms with Crippen LogP contribution in [0.25, 0.3) is 5.65 Å². The van der Waals surface area contributed by atoms with E-state index in [-0.39, 0.29) is 17.2 Å². The molecule has 0 amide bonds. The van der Waals surface area contributed by atoms with Gasteiger partial charge < -0.3 is 25.4 Å². The minimum atomic E-state index is -1.69. The summed E-state index contributed by atoms with van der Waals surface area (Å²) in [7, 11) is 1.34. The Balaban J connectivity index is 2.28. The van der Waals surface area contributed by atoms with Crippen LogP contribution >= 0.6 is 0 Å². The fourth-order valence-electron chi connectivity index (χ4n) is 2.99. The van der Waals surface area contributed by atoms with Crippen LogP contribution in [0.1, 0.15) is 12.6 Å². The topological polar surface area (TPSA) is 152 Å². The molecule has 2 aromatic rings. The molecular weight excluding hydrogens is 304 g/mol. The number of nitrogens with zero attached hydrogens (tertiary/aromatic N) is 5. The Morgan fingerprint density at radius 3 is 2.91 bits per heavy atom. The van der Waals surface area contributed by atoms with Crippen LogP contribution in [0.2, 0.25) is 0 Å². The molecule has 1 aliphatic heterocycles. The van der Waals surface area contributed by atoms with Crippen molar-refractivity contribution in [2.45, 2.75) is 24.9 Å². The van der Waals surface area contributed by atoms with Crippen LogP contribution < -0.4 is 5.73 Å². The average molecular weight is 320 g/mol. The molecule has 0 aliphatic carbocycles. The van der Waals surface area contributed by atoms with Crippen molar-refractivity contribution < 1.29 is 19.7 Å². The zero-order valence-electron chi connectivity index (χ0n) is 12.5. The summed E-state index contributed by atoms with van der Waals surface area (Å²) in [6.45, 7) is 1.01. The molecule has 0 bridgehead atoms.